The molecule has 4 nitrogen and oxygen atoms in total. The largest absolute Gasteiger partial charge is 0.545 e. The fourth-order valence-electron chi connectivity index (χ4n) is 1.92. The minimum Gasteiger partial charge on any atom is -0.545 e. The molecular formula is C12H18NO3-. The molecule has 1 aliphatic rings. The van der Waals surface area contributed by atoms with Crippen LogP contribution in [0.25, 0.3) is 0 Å². The van der Waals surface area contributed by atoms with E-state index in [1.165, 1.54) is 19.8 Å². The molecule has 0 spiro atoms. The Balaban J connectivity index is 2.43. The van der Waals surface area contributed by atoms with Crippen molar-refractivity contribution in [3.63, 3.8) is 0 Å². The minimum absolute atomic E-state index is 0.0360. The topological polar surface area (TPSA) is 69.2 Å². The summed E-state index contributed by atoms with van der Waals surface area (Å²) in [5, 5.41) is 13.3. The van der Waals surface area contributed by atoms with E-state index in [0.717, 1.165) is 31.8 Å². The van der Waals surface area contributed by atoms with Gasteiger partial charge in [0.25, 0.3) is 0 Å². The third kappa shape index (κ3) is 4.47. The zero-order valence-corrected chi connectivity index (χ0v) is 9.62. The van der Waals surface area contributed by atoms with Gasteiger partial charge in [0.05, 0.1) is 5.97 Å². The molecule has 1 rings (SSSR count). The highest BCUT2D eigenvalue weighted by Gasteiger charge is 2.13. The third-order valence-electron chi connectivity index (χ3n) is 2.87. The van der Waals surface area contributed by atoms with Crippen LogP contribution in [0.4, 0.5) is 0 Å². The van der Waals surface area contributed by atoms with E-state index in [-0.39, 0.29) is 17.5 Å². The summed E-state index contributed by atoms with van der Waals surface area (Å²) in [4.78, 5) is 21.9. The second-order valence-corrected chi connectivity index (χ2v) is 4.31. The maximum absolute atomic E-state index is 11.5. The van der Waals surface area contributed by atoms with Crippen molar-refractivity contribution in [2.24, 2.45) is 0 Å². The molecule has 0 bridgehead atoms. The number of nitrogens with one attached hydrogen (secondary N) is 1. The maximum Gasteiger partial charge on any atom is 0.244 e. The fraction of sp³-hybridized carbons (Fsp3) is 0.667. The smallest absolute Gasteiger partial charge is 0.244 e. The highest BCUT2D eigenvalue weighted by Crippen LogP contribution is 2.17. The molecule has 1 aliphatic carbocycles. The van der Waals surface area contributed by atoms with Gasteiger partial charge < -0.3 is 15.2 Å². The summed E-state index contributed by atoms with van der Waals surface area (Å²) in [5.74, 6) is -1.62. The molecule has 0 unspecified atom stereocenters. The van der Waals surface area contributed by atoms with Crippen molar-refractivity contribution in [3.8, 4) is 0 Å². The van der Waals surface area contributed by atoms with Crippen molar-refractivity contribution >= 4 is 11.9 Å². The van der Waals surface area contributed by atoms with Gasteiger partial charge in [-0.2, -0.15) is 0 Å². The number of hydrogen-bond acceptors (Lipinski definition) is 3. The van der Waals surface area contributed by atoms with Crippen LogP contribution in [0.2, 0.25) is 0 Å². The quantitative estimate of drug-likeness (QED) is 0.561. The van der Waals surface area contributed by atoms with E-state index in [0.29, 0.717) is 0 Å². The molecule has 0 aromatic carbocycles. The summed E-state index contributed by atoms with van der Waals surface area (Å²) in [6.07, 6.45) is 7.79. The van der Waals surface area contributed by atoms with Gasteiger partial charge in [0, 0.05) is 12.1 Å². The number of carbonyl (C=O) groups excluding carboxylic acids is 2. The van der Waals surface area contributed by atoms with E-state index in [2.05, 4.69) is 5.32 Å². The summed E-state index contributed by atoms with van der Waals surface area (Å²) < 4.78 is 0. The van der Waals surface area contributed by atoms with Crippen LogP contribution >= 0.6 is 0 Å². The van der Waals surface area contributed by atoms with E-state index in [9.17, 15) is 14.7 Å². The van der Waals surface area contributed by atoms with Gasteiger partial charge in [-0.05, 0) is 25.3 Å². The standard InChI is InChI=1S/C12H19NO3/c1-9(12(15)16)8-11(14)13-10-6-4-2-3-5-7-10/h8,10H,2-7H2,1H3,(H,13,14)(H,15,16)/p-1/b9-8+. The Morgan fingerprint density at radius 2 is 1.75 bits per heavy atom. The first-order valence-corrected chi connectivity index (χ1v) is 5.79. The molecule has 0 aromatic heterocycles. The number of rotatable bonds is 3. The molecule has 0 atom stereocenters. The molecule has 1 N–H and O–H groups in total. The van der Waals surface area contributed by atoms with Crippen LogP contribution in [0.1, 0.15) is 45.4 Å². The van der Waals surface area contributed by atoms with Gasteiger partial charge >= 0.3 is 0 Å². The van der Waals surface area contributed by atoms with Crippen LogP contribution < -0.4 is 10.4 Å². The highest BCUT2D eigenvalue weighted by atomic mass is 16.4. The van der Waals surface area contributed by atoms with Gasteiger partial charge in [0.1, 0.15) is 0 Å². The lowest BCUT2D eigenvalue weighted by molar-refractivity contribution is -0.299. The second-order valence-electron chi connectivity index (χ2n) is 4.31. The average Bonchev–Trinajstić information content (AvgIpc) is 2.45. The van der Waals surface area contributed by atoms with Crippen molar-refractivity contribution in [1.82, 2.24) is 5.32 Å². The van der Waals surface area contributed by atoms with Gasteiger partial charge in [0.2, 0.25) is 5.91 Å². The first-order chi connectivity index (χ1) is 7.59. The first-order valence-electron chi connectivity index (χ1n) is 5.79. The highest BCUT2D eigenvalue weighted by molar-refractivity contribution is 5.96. The molecular weight excluding hydrogens is 206 g/mol. The molecule has 90 valence electrons. The van der Waals surface area contributed by atoms with Gasteiger partial charge in [-0.15, -0.1) is 0 Å². The SMILES string of the molecule is C/C(=C\C(=O)NC1CCCCCC1)C(=O)[O-]. The average molecular weight is 224 g/mol. The van der Waals surface area contributed by atoms with E-state index in [4.69, 9.17) is 0 Å². The van der Waals surface area contributed by atoms with Crippen LogP contribution in [0.15, 0.2) is 11.6 Å². The van der Waals surface area contributed by atoms with E-state index < -0.39 is 5.97 Å². The molecule has 1 amide bonds. The van der Waals surface area contributed by atoms with E-state index in [1.807, 2.05) is 0 Å². The van der Waals surface area contributed by atoms with Crippen LogP contribution in [-0.4, -0.2) is 17.9 Å². The molecule has 0 aliphatic heterocycles. The molecule has 16 heavy (non-hydrogen) atoms. The molecule has 0 heterocycles. The molecule has 0 saturated heterocycles. The van der Waals surface area contributed by atoms with E-state index >= 15 is 0 Å². The summed E-state index contributed by atoms with van der Waals surface area (Å²) in [5.41, 5.74) is -0.0360. The van der Waals surface area contributed by atoms with Gasteiger partial charge in [0.15, 0.2) is 0 Å². The third-order valence-corrected chi connectivity index (χ3v) is 2.87. The van der Waals surface area contributed by atoms with Crippen molar-refractivity contribution in [3.05, 3.63) is 11.6 Å². The zero-order valence-electron chi connectivity index (χ0n) is 9.62. The predicted molar refractivity (Wildman–Crippen MR) is 58.4 cm³/mol. The van der Waals surface area contributed by atoms with Crippen molar-refractivity contribution in [2.45, 2.75) is 51.5 Å². The lowest BCUT2D eigenvalue weighted by Gasteiger charge is -2.15. The maximum atomic E-state index is 11.5. The predicted octanol–water partition coefficient (Wildman–Crippen LogP) is 0.522. The monoisotopic (exact) mass is 224 g/mol. The van der Waals surface area contributed by atoms with Crippen molar-refractivity contribution in [1.29, 1.82) is 0 Å². The Hall–Kier alpha value is -1.32. The number of carboxylic acids is 1. The Morgan fingerprint density at radius 3 is 2.25 bits per heavy atom. The van der Waals surface area contributed by atoms with Gasteiger partial charge in [-0.25, -0.2) is 0 Å². The minimum atomic E-state index is -1.30. The number of hydrogen-bond donors (Lipinski definition) is 1. The molecule has 0 aromatic rings. The Labute approximate surface area is 95.7 Å². The summed E-state index contributed by atoms with van der Waals surface area (Å²) in [6, 6.07) is 0.195. The van der Waals surface area contributed by atoms with Gasteiger partial charge in [-0.1, -0.05) is 25.7 Å². The van der Waals surface area contributed by atoms with Crippen LogP contribution in [-0.2, 0) is 9.59 Å². The second kappa shape index (κ2) is 6.30. The zero-order chi connectivity index (χ0) is 12.0. The summed E-state index contributed by atoms with van der Waals surface area (Å²) in [7, 11) is 0. The number of carboxylic acid groups (broad SMARTS) is 1. The Bertz CT molecular complexity index is 289. The van der Waals surface area contributed by atoms with Crippen LogP contribution in [0.3, 0.4) is 0 Å². The van der Waals surface area contributed by atoms with Gasteiger partial charge in [-0.3, -0.25) is 4.79 Å². The summed E-state index contributed by atoms with van der Waals surface area (Å²) in [6.45, 7) is 1.36. The van der Waals surface area contributed by atoms with Crippen molar-refractivity contribution < 1.29 is 14.7 Å². The van der Waals surface area contributed by atoms with Crippen molar-refractivity contribution in [2.75, 3.05) is 0 Å². The molecule has 1 saturated carbocycles. The Kier molecular flexibility index (Phi) is 5.02. The number of amides is 1. The lowest BCUT2D eigenvalue weighted by atomic mass is 10.1. The number of aliphatic carboxylic acids is 1. The normalized spacial score (nSPS) is 18.9. The first kappa shape index (κ1) is 12.7. The Morgan fingerprint density at radius 1 is 1.19 bits per heavy atom. The van der Waals surface area contributed by atoms with Crippen LogP contribution in [0, 0.1) is 0 Å². The lowest BCUT2D eigenvalue weighted by Crippen LogP contribution is -2.34. The number of carbonyl (C=O) groups is 2. The van der Waals surface area contributed by atoms with Crippen LogP contribution in [0.5, 0.6) is 0 Å². The van der Waals surface area contributed by atoms with E-state index in [1.54, 1.807) is 0 Å². The summed E-state index contributed by atoms with van der Waals surface area (Å²) >= 11 is 0. The molecule has 1 fully saturated rings. The molecule has 0 radical (unpaired) electrons. The molecule has 4 heteroatoms. The fourth-order valence-corrected chi connectivity index (χ4v) is 1.92.